The molecule has 0 unspecified atom stereocenters. The van der Waals surface area contributed by atoms with E-state index in [2.05, 4.69) is 73.5 Å². The summed E-state index contributed by atoms with van der Waals surface area (Å²) in [5, 5.41) is 2.78. The second-order valence-corrected chi connectivity index (χ2v) is 17.5. The summed E-state index contributed by atoms with van der Waals surface area (Å²) < 4.78 is 0. The Hall–Kier alpha value is 0.187. The van der Waals surface area contributed by atoms with Gasteiger partial charge in [0.05, 0.1) is 27.5 Å². The van der Waals surface area contributed by atoms with Crippen molar-refractivity contribution in [2.24, 2.45) is 0 Å². The monoisotopic (exact) mass is 516 g/mol. The van der Waals surface area contributed by atoms with Gasteiger partial charge in [0, 0.05) is 12.4 Å². The molecule has 2 nitrogen and oxygen atoms in total. The van der Waals surface area contributed by atoms with Crippen LogP contribution in [0.4, 0.5) is 0 Å². The Morgan fingerprint density at radius 1 is 0.609 bits per heavy atom. The molecule has 2 heterocycles. The summed E-state index contributed by atoms with van der Waals surface area (Å²) >= 11 is 0. The first-order valence-corrected chi connectivity index (χ1v) is 14.1. The first kappa shape index (κ1) is 25.4. The van der Waals surface area contributed by atoms with E-state index in [1.165, 1.54) is 10.4 Å². The summed E-state index contributed by atoms with van der Waals surface area (Å²) in [6.45, 7) is 14.0. The maximum atomic E-state index is 4.59. The Morgan fingerprint density at radius 2 is 0.913 bits per heavy atom. The van der Waals surface area contributed by atoms with Crippen molar-refractivity contribution in [3.8, 4) is 11.4 Å². The smallest absolute Gasteiger partial charge is 1.00 e. The van der Waals surface area contributed by atoms with Crippen LogP contribution in [0.15, 0.2) is 36.7 Å². The third kappa shape index (κ3) is 6.90. The van der Waals surface area contributed by atoms with Gasteiger partial charge >= 0.3 is 16.5 Å². The Kier molecular flexibility index (Phi) is 10.6. The van der Waals surface area contributed by atoms with Crippen molar-refractivity contribution >= 4 is 26.5 Å². The van der Waals surface area contributed by atoms with Crippen LogP contribution in [0.1, 0.15) is 0 Å². The molecular weight excluding hydrogens is 495 g/mol. The molecule has 0 aliphatic heterocycles. The fourth-order valence-corrected chi connectivity index (χ4v) is 4.05. The van der Waals surface area contributed by atoms with Gasteiger partial charge in [0.2, 0.25) is 0 Å². The number of aromatic nitrogens is 2. The van der Waals surface area contributed by atoms with Crippen LogP contribution in [-0.4, -0.2) is 26.1 Å². The maximum absolute atomic E-state index is 4.59. The number of halogens is 2. The minimum Gasteiger partial charge on any atom is -1.00 e. The summed E-state index contributed by atoms with van der Waals surface area (Å²) in [5.41, 5.74) is 1.93. The van der Waals surface area contributed by atoms with E-state index in [4.69, 9.17) is 0 Å². The predicted molar refractivity (Wildman–Crippen MR) is 93.4 cm³/mol. The van der Waals surface area contributed by atoms with Crippen molar-refractivity contribution in [2.45, 2.75) is 39.3 Å². The second kappa shape index (κ2) is 9.61. The van der Waals surface area contributed by atoms with Gasteiger partial charge in [-0.2, -0.15) is 0 Å². The summed E-state index contributed by atoms with van der Waals surface area (Å²) in [7, 11) is -2.54. The molecule has 0 atom stereocenters. The van der Waals surface area contributed by atoms with Crippen LogP contribution in [0, 0.1) is 0 Å². The topological polar surface area (TPSA) is 25.8 Å². The van der Waals surface area contributed by atoms with E-state index in [9.17, 15) is 0 Å². The van der Waals surface area contributed by atoms with Crippen LogP contribution >= 0.6 is 0 Å². The quantitative estimate of drug-likeness (QED) is 0.412. The molecule has 0 amide bonds. The van der Waals surface area contributed by atoms with E-state index in [0.717, 1.165) is 11.4 Å². The van der Waals surface area contributed by atoms with E-state index in [1.807, 2.05) is 12.4 Å². The molecule has 0 bridgehead atoms. The predicted octanol–water partition coefficient (Wildman–Crippen LogP) is -2.76. The van der Waals surface area contributed by atoms with Crippen molar-refractivity contribution in [2.75, 3.05) is 0 Å². The number of hydrogen-bond donors (Lipinski definition) is 0. The van der Waals surface area contributed by atoms with Gasteiger partial charge in [0.1, 0.15) is 0 Å². The molecule has 0 spiro atoms. The normalized spacial score (nSPS) is 10.9. The Bertz CT molecular complexity index is 536. The Morgan fingerprint density at radius 3 is 1.09 bits per heavy atom. The summed E-state index contributed by atoms with van der Waals surface area (Å²) in [6, 6.07) is 8.62. The van der Waals surface area contributed by atoms with Gasteiger partial charge in [-0.05, 0) is 22.5 Å². The van der Waals surface area contributed by atoms with Crippen LogP contribution in [0.3, 0.4) is 0 Å². The van der Waals surface area contributed by atoms with Crippen LogP contribution in [0.25, 0.3) is 11.4 Å². The molecule has 2 aromatic rings. The van der Waals surface area contributed by atoms with Crippen LogP contribution < -0.4 is 44.3 Å². The van der Waals surface area contributed by atoms with Gasteiger partial charge in [0.25, 0.3) is 0 Å². The fourth-order valence-electron chi connectivity index (χ4n) is 1.98. The number of rotatable bonds is 3. The number of nitrogens with zero attached hydrogens (tertiary/aromatic N) is 2. The second-order valence-electron chi connectivity index (χ2n) is 7.36. The molecule has 0 aliphatic rings. The third-order valence-corrected chi connectivity index (χ3v) is 7.58. The average molecular weight is 519 g/mol. The SMILES string of the molecule is C[Si](C)(C)c1ccc(-c2ccc([Si](C)(C)C)cn2)nc1.[Br-].[Br-].[Ni+2]. The molecule has 2 rings (SSSR count). The van der Waals surface area contributed by atoms with Gasteiger partial charge in [-0.1, -0.05) is 51.4 Å². The number of pyridine rings is 2. The zero-order valence-electron chi connectivity index (χ0n) is 14.4. The van der Waals surface area contributed by atoms with Crippen molar-refractivity contribution in [1.29, 1.82) is 0 Å². The minimum atomic E-state index is -1.27. The molecule has 7 heteroatoms. The van der Waals surface area contributed by atoms with E-state index in [-0.39, 0.29) is 50.5 Å². The summed E-state index contributed by atoms with van der Waals surface area (Å²) in [4.78, 5) is 9.18. The fraction of sp³-hybridized carbons (Fsp3) is 0.375. The van der Waals surface area contributed by atoms with Gasteiger partial charge in [-0.25, -0.2) is 0 Å². The van der Waals surface area contributed by atoms with Crippen LogP contribution in [0.5, 0.6) is 0 Å². The Balaban J connectivity index is 0. The van der Waals surface area contributed by atoms with E-state index < -0.39 is 16.1 Å². The summed E-state index contributed by atoms with van der Waals surface area (Å²) in [6.07, 6.45) is 4.05. The third-order valence-electron chi connectivity index (χ3n) is 3.52. The molecule has 0 radical (unpaired) electrons. The van der Waals surface area contributed by atoms with Crippen molar-refractivity contribution < 1.29 is 50.5 Å². The van der Waals surface area contributed by atoms with Gasteiger partial charge in [0.15, 0.2) is 0 Å². The molecule has 0 aromatic carbocycles. The number of hydrogen-bond acceptors (Lipinski definition) is 2. The van der Waals surface area contributed by atoms with Gasteiger partial charge in [-0.3, -0.25) is 9.97 Å². The molecule has 0 N–H and O–H groups in total. The van der Waals surface area contributed by atoms with E-state index >= 15 is 0 Å². The molecule has 0 saturated carbocycles. The molecule has 0 aliphatic carbocycles. The largest absolute Gasteiger partial charge is 2.00 e. The van der Waals surface area contributed by atoms with Crippen molar-refractivity contribution in [1.82, 2.24) is 9.97 Å². The van der Waals surface area contributed by atoms with Crippen LogP contribution in [0.2, 0.25) is 39.3 Å². The first-order valence-electron chi connectivity index (χ1n) is 7.11. The molecule has 0 saturated heterocycles. The molecular formula is C16H24Br2N2NiSi2. The molecule has 2 aromatic heterocycles. The average Bonchev–Trinajstić information content (AvgIpc) is 2.37. The molecule has 23 heavy (non-hydrogen) atoms. The first-order chi connectivity index (χ1) is 9.18. The van der Waals surface area contributed by atoms with Crippen molar-refractivity contribution in [3.05, 3.63) is 36.7 Å². The minimum absolute atomic E-state index is 0. The van der Waals surface area contributed by atoms with Crippen molar-refractivity contribution in [3.63, 3.8) is 0 Å². The van der Waals surface area contributed by atoms with Crippen LogP contribution in [-0.2, 0) is 16.5 Å². The molecule has 130 valence electrons. The van der Waals surface area contributed by atoms with E-state index in [0.29, 0.717) is 0 Å². The molecule has 0 fully saturated rings. The Labute approximate surface area is 173 Å². The summed E-state index contributed by atoms with van der Waals surface area (Å²) in [5.74, 6) is 0. The zero-order chi connectivity index (χ0) is 15.0. The maximum Gasteiger partial charge on any atom is 2.00 e. The zero-order valence-corrected chi connectivity index (χ0v) is 20.6. The standard InChI is InChI=1S/C16H24N2Si2.2BrH.Ni/c1-19(2,3)13-7-9-15(17-11-13)16-10-8-14(12-18-16)20(4,5)6;;;/h7-12H,1-6H3;2*1H;/q;;;+2/p-2. The van der Waals surface area contributed by atoms with E-state index in [1.54, 1.807) is 0 Å². The van der Waals surface area contributed by atoms with Gasteiger partial charge in [-0.15, -0.1) is 0 Å². The van der Waals surface area contributed by atoms with Gasteiger partial charge < -0.3 is 34.0 Å².